The van der Waals surface area contributed by atoms with E-state index in [-0.39, 0.29) is 11.6 Å². The van der Waals surface area contributed by atoms with Crippen molar-refractivity contribution in [1.82, 2.24) is 20.4 Å². The van der Waals surface area contributed by atoms with Crippen molar-refractivity contribution in [1.29, 1.82) is 0 Å². The molecule has 0 spiro atoms. The molecule has 4 aromatic rings. The lowest BCUT2D eigenvalue weighted by molar-refractivity contribution is -0.118. The molecule has 0 saturated heterocycles. The fraction of sp³-hybridized carbons (Fsp3) is 0.353. The van der Waals surface area contributed by atoms with Gasteiger partial charge in [-0.1, -0.05) is 66.1 Å². The highest BCUT2D eigenvalue weighted by Gasteiger charge is 2.27. The highest BCUT2D eigenvalue weighted by atomic mass is 16.1. The number of aryl methyl sites for hydroxylation is 2. The molecule has 6 nitrogen and oxygen atoms in total. The molecule has 2 heterocycles. The molecule has 0 unspecified atom stereocenters. The van der Waals surface area contributed by atoms with E-state index in [4.69, 9.17) is 0 Å². The molecule has 1 aliphatic rings. The van der Waals surface area contributed by atoms with Crippen molar-refractivity contribution >= 4 is 11.6 Å². The van der Waals surface area contributed by atoms with Crippen LogP contribution < -0.4 is 0 Å². The Morgan fingerprint density at radius 2 is 1.10 bits per heavy atom. The van der Waals surface area contributed by atoms with Gasteiger partial charge in [-0.05, 0) is 68.5 Å². The minimum Gasteiger partial charge on any atom is -0.299 e. The second kappa shape index (κ2) is 12.9. The summed E-state index contributed by atoms with van der Waals surface area (Å²) in [6.07, 6.45) is 5.58. The number of hydrogen-bond donors (Lipinski definition) is 0. The van der Waals surface area contributed by atoms with Gasteiger partial charge in [-0.3, -0.25) is 9.59 Å². The summed E-state index contributed by atoms with van der Waals surface area (Å²) in [4.78, 5) is 25.1. The van der Waals surface area contributed by atoms with Crippen LogP contribution in [0.4, 0.5) is 0 Å². The smallest absolute Gasteiger partial charge is 0.143 e. The molecule has 5 rings (SSSR count). The Hall–Kier alpha value is -4.06. The van der Waals surface area contributed by atoms with Crippen molar-refractivity contribution < 1.29 is 9.59 Å². The first-order valence-electron chi connectivity index (χ1n) is 14.2. The van der Waals surface area contributed by atoms with Gasteiger partial charge in [-0.2, -0.15) is 20.4 Å². The van der Waals surface area contributed by atoms with E-state index in [1.807, 2.05) is 74.5 Å². The normalized spacial score (nSPS) is 16.9. The second-order valence-corrected chi connectivity index (χ2v) is 11.2. The van der Waals surface area contributed by atoms with Crippen LogP contribution in [-0.4, -0.2) is 32.0 Å². The predicted molar refractivity (Wildman–Crippen MR) is 155 cm³/mol. The van der Waals surface area contributed by atoms with Crippen molar-refractivity contribution in [2.45, 2.75) is 77.0 Å². The van der Waals surface area contributed by atoms with Crippen molar-refractivity contribution in [3.63, 3.8) is 0 Å². The van der Waals surface area contributed by atoms with E-state index in [9.17, 15) is 9.59 Å². The summed E-state index contributed by atoms with van der Waals surface area (Å²) in [5, 5.41) is 17.8. The monoisotopic (exact) mass is 532 g/mol. The Balaban J connectivity index is 1.14. The maximum atomic E-state index is 12.6. The third-order valence-electron chi connectivity index (χ3n) is 7.72. The third-order valence-corrected chi connectivity index (χ3v) is 7.72. The number of ketones is 2. The van der Waals surface area contributed by atoms with E-state index in [2.05, 4.69) is 32.5 Å². The molecular formula is C34H36N4O2. The number of nitrogens with zero attached hydrogens (tertiary/aromatic N) is 4. The number of aromatic nitrogens is 4. The van der Waals surface area contributed by atoms with Gasteiger partial charge in [0.1, 0.15) is 11.6 Å². The van der Waals surface area contributed by atoms with Crippen LogP contribution in [-0.2, 0) is 35.3 Å². The first-order valence-corrected chi connectivity index (χ1v) is 14.2. The van der Waals surface area contributed by atoms with Gasteiger partial charge in [0.05, 0.1) is 35.6 Å². The van der Waals surface area contributed by atoms with E-state index in [1.165, 1.54) is 0 Å². The van der Waals surface area contributed by atoms with Crippen LogP contribution in [0.2, 0.25) is 0 Å². The lowest BCUT2D eigenvalue weighted by Crippen LogP contribution is -2.17. The van der Waals surface area contributed by atoms with Gasteiger partial charge < -0.3 is 0 Å². The highest BCUT2D eigenvalue weighted by molar-refractivity contribution is 5.83. The summed E-state index contributed by atoms with van der Waals surface area (Å²) in [5.41, 5.74) is 7.77. The van der Waals surface area contributed by atoms with Gasteiger partial charge in [0.2, 0.25) is 0 Å². The maximum absolute atomic E-state index is 12.6. The molecule has 40 heavy (non-hydrogen) atoms. The van der Waals surface area contributed by atoms with E-state index >= 15 is 0 Å². The minimum absolute atomic E-state index is 0.143. The number of carbonyl (C=O) groups is 2. The number of Topliss-reactive ketones (excluding diaryl/α,β-unsaturated/α-hetero) is 2. The van der Waals surface area contributed by atoms with Gasteiger partial charge in [-0.25, -0.2) is 0 Å². The van der Waals surface area contributed by atoms with E-state index in [1.54, 1.807) is 0 Å². The molecule has 0 radical (unpaired) electrons. The Bertz CT molecular complexity index is 1350. The van der Waals surface area contributed by atoms with Crippen molar-refractivity contribution in [2.24, 2.45) is 0 Å². The fourth-order valence-corrected chi connectivity index (χ4v) is 5.72. The topological polar surface area (TPSA) is 85.7 Å². The number of carbonyl (C=O) groups excluding carboxylic acids is 2. The highest BCUT2D eigenvalue weighted by Crippen LogP contribution is 2.39. The zero-order valence-corrected chi connectivity index (χ0v) is 23.3. The van der Waals surface area contributed by atoms with Crippen LogP contribution in [0.3, 0.4) is 0 Å². The summed E-state index contributed by atoms with van der Waals surface area (Å²) in [7, 11) is 0. The van der Waals surface area contributed by atoms with Gasteiger partial charge in [0.25, 0.3) is 0 Å². The van der Waals surface area contributed by atoms with Crippen LogP contribution in [0.25, 0.3) is 0 Å². The SMILES string of the molecule is Cc1cccc(CC(=O)Cc2ccc([C@H]3CCC[C@H](c4ccc(CC(=O)Cc5cccc(C)c5)nn4)C3)nn2)c1. The van der Waals surface area contributed by atoms with Crippen LogP contribution in [0.15, 0.2) is 72.8 Å². The molecule has 2 aromatic carbocycles. The average molecular weight is 533 g/mol. The molecule has 0 amide bonds. The summed E-state index contributed by atoms with van der Waals surface area (Å²) in [5.74, 6) is 0.898. The molecule has 1 aliphatic carbocycles. The minimum atomic E-state index is 0.143. The zero-order valence-electron chi connectivity index (χ0n) is 23.3. The Labute approximate surface area is 236 Å². The lowest BCUT2D eigenvalue weighted by atomic mass is 9.78. The predicted octanol–water partition coefficient (Wildman–Crippen LogP) is 6.03. The summed E-state index contributed by atoms with van der Waals surface area (Å²) in [6.45, 7) is 4.07. The molecule has 6 heteroatoms. The zero-order chi connectivity index (χ0) is 27.9. The average Bonchev–Trinajstić information content (AvgIpc) is 2.94. The van der Waals surface area contributed by atoms with Crippen molar-refractivity contribution in [3.8, 4) is 0 Å². The van der Waals surface area contributed by atoms with Crippen LogP contribution in [0, 0.1) is 13.8 Å². The van der Waals surface area contributed by atoms with Crippen molar-refractivity contribution in [2.75, 3.05) is 0 Å². The standard InChI is InChI=1S/C34H36N4O2/c1-23-6-3-8-25(16-23)18-31(39)21-29-12-14-33(37-35-29)27-10-5-11-28(20-27)34-15-13-30(36-38-34)22-32(40)19-26-9-4-7-24(2)17-26/h3-4,6-9,12-17,27-28H,5,10-11,18-22H2,1-2H3/t27-,28-/m0/s1. The number of rotatable bonds is 10. The molecule has 0 N–H and O–H groups in total. The number of benzene rings is 2. The summed E-state index contributed by atoms with van der Waals surface area (Å²) >= 11 is 0. The Morgan fingerprint density at radius 1 is 0.625 bits per heavy atom. The van der Waals surface area contributed by atoms with E-state index in [0.717, 1.165) is 59.3 Å². The molecule has 2 atom stereocenters. The Kier molecular flexibility index (Phi) is 8.84. The summed E-state index contributed by atoms with van der Waals surface area (Å²) < 4.78 is 0. The Morgan fingerprint density at radius 3 is 1.50 bits per heavy atom. The molecule has 1 fully saturated rings. The van der Waals surface area contributed by atoms with E-state index in [0.29, 0.717) is 48.9 Å². The maximum Gasteiger partial charge on any atom is 0.143 e. The largest absolute Gasteiger partial charge is 0.299 e. The molecule has 204 valence electrons. The van der Waals surface area contributed by atoms with Gasteiger partial charge in [-0.15, -0.1) is 0 Å². The van der Waals surface area contributed by atoms with Crippen LogP contribution in [0.1, 0.15) is 82.5 Å². The molecule has 0 bridgehead atoms. The van der Waals surface area contributed by atoms with Gasteiger partial charge in [0, 0.05) is 24.7 Å². The second-order valence-electron chi connectivity index (χ2n) is 11.2. The van der Waals surface area contributed by atoms with Crippen LogP contribution in [0.5, 0.6) is 0 Å². The molecule has 0 aliphatic heterocycles. The number of hydrogen-bond acceptors (Lipinski definition) is 6. The first-order chi connectivity index (χ1) is 19.4. The third kappa shape index (κ3) is 7.53. The first kappa shape index (κ1) is 27.5. The van der Waals surface area contributed by atoms with Gasteiger partial charge in [0.15, 0.2) is 0 Å². The van der Waals surface area contributed by atoms with Crippen LogP contribution >= 0.6 is 0 Å². The molecule has 2 aromatic heterocycles. The molecule has 1 saturated carbocycles. The molecular weight excluding hydrogens is 496 g/mol. The lowest BCUT2D eigenvalue weighted by Gasteiger charge is -2.28. The fourth-order valence-electron chi connectivity index (χ4n) is 5.72. The van der Waals surface area contributed by atoms with Crippen molar-refractivity contribution in [3.05, 3.63) is 118 Å². The summed E-state index contributed by atoms with van der Waals surface area (Å²) in [6, 6.07) is 24.1. The van der Waals surface area contributed by atoms with Gasteiger partial charge >= 0.3 is 0 Å². The van der Waals surface area contributed by atoms with E-state index < -0.39 is 0 Å². The quantitative estimate of drug-likeness (QED) is 0.248.